The number of anilines is 1. The normalized spacial score (nSPS) is 10.0. The molecule has 3 heteroatoms. The minimum absolute atomic E-state index is 0.411. The zero-order chi connectivity index (χ0) is 12.5. The molecule has 0 aliphatic carbocycles. The van der Waals surface area contributed by atoms with Crippen molar-refractivity contribution in [3.05, 3.63) is 29.8 Å². The summed E-state index contributed by atoms with van der Waals surface area (Å²) in [6.07, 6.45) is 5.50. The van der Waals surface area contributed by atoms with E-state index in [9.17, 15) is 4.79 Å². The molecule has 0 saturated heterocycles. The molecule has 1 amide bonds. The predicted octanol–water partition coefficient (Wildman–Crippen LogP) is 3.99. The molecule has 0 spiro atoms. The van der Waals surface area contributed by atoms with Gasteiger partial charge in [0, 0.05) is 5.69 Å². The second-order valence-electron chi connectivity index (χ2n) is 4.08. The second kappa shape index (κ2) is 7.71. The highest BCUT2D eigenvalue weighted by Crippen LogP contribution is 2.18. The van der Waals surface area contributed by atoms with Crippen molar-refractivity contribution in [3.8, 4) is 0 Å². The zero-order valence-corrected chi connectivity index (χ0v) is 10.7. The summed E-state index contributed by atoms with van der Waals surface area (Å²) in [5, 5.41) is 2.74. The third-order valence-corrected chi connectivity index (χ3v) is 2.74. The van der Waals surface area contributed by atoms with Gasteiger partial charge < -0.3 is 4.74 Å². The van der Waals surface area contributed by atoms with Crippen molar-refractivity contribution < 1.29 is 9.53 Å². The number of hydrogen-bond donors (Lipinski definition) is 1. The number of hydrogen-bond acceptors (Lipinski definition) is 2. The van der Waals surface area contributed by atoms with Crippen molar-refractivity contribution in [2.24, 2.45) is 0 Å². The van der Waals surface area contributed by atoms with E-state index in [0.717, 1.165) is 18.5 Å². The van der Waals surface area contributed by atoms with Gasteiger partial charge in [-0.15, -0.1) is 0 Å². The van der Waals surface area contributed by atoms with Crippen LogP contribution < -0.4 is 5.32 Å². The molecule has 3 nitrogen and oxygen atoms in total. The molecule has 0 radical (unpaired) electrons. The molecule has 1 rings (SSSR count). The molecule has 94 valence electrons. The standard InChI is InChI=1S/C14H21NO2/c1-3-4-5-6-9-12-10-7-8-11-13(12)15-14(16)17-2/h7-8,10-11H,3-6,9H2,1-2H3,(H,15,16). The summed E-state index contributed by atoms with van der Waals surface area (Å²) in [5.74, 6) is 0. The van der Waals surface area contributed by atoms with Gasteiger partial charge in [-0.05, 0) is 24.5 Å². The number of para-hydroxylation sites is 1. The monoisotopic (exact) mass is 235 g/mol. The highest BCUT2D eigenvalue weighted by atomic mass is 16.5. The third kappa shape index (κ3) is 4.89. The third-order valence-electron chi connectivity index (χ3n) is 2.74. The van der Waals surface area contributed by atoms with Crippen LogP contribution in [0.15, 0.2) is 24.3 Å². The Kier molecular flexibility index (Phi) is 6.15. The Morgan fingerprint density at radius 1 is 1.24 bits per heavy atom. The number of rotatable bonds is 6. The number of carbonyl (C=O) groups excluding carboxylic acids is 1. The van der Waals surface area contributed by atoms with Crippen molar-refractivity contribution in [2.75, 3.05) is 12.4 Å². The summed E-state index contributed by atoms with van der Waals surface area (Å²) in [6.45, 7) is 2.20. The zero-order valence-electron chi connectivity index (χ0n) is 10.7. The van der Waals surface area contributed by atoms with Gasteiger partial charge in [0.2, 0.25) is 0 Å². The maximum absolute atomic E-state index is 11.2. The van der Waals surface area contributed by atoms with Crippen LogP contribution in [-0.2, 0) is 11.2 Å². The van der Waals surface area contributed by atoms with Crippen molar-refractivity contribution in [3.63, 3.8) is 0 Å². The van der Waals surface area contributed by atoms with Gasteiger partial charge in [0.15, 0.2) is 0 Å². The van der Waals surface area contributed by atoms with Crippen LogP contribution in [0.1, 0.15) is 38.2 Å². The first-order chi connectivity index (χ1) is 8.27. The van der Waals surface area contributed by atoms with Gasteiger partial charge in [0.05, 0.1) is 7.11 Å². The maximum atomic E-state index is 11.2. The summed E-state index contributed by atoms with van der Waals surface area (Å²) in [7, 11) is 1.37. The predicted molar refractivity (Wildman–Crippen MR) is 70.3 cm³/mol. The minimum Gasteiger partial charge on any atom is -0.453 e. The number of nitrogens with one attached hydrogen (secondary N) is 1. The Labute approximate surface area is 103 Å². The average Bonchev–Trinajstić information content (AvgIpc) is 2.36. The number of benzene rings is 1. The van der Waals surface area contributed by atoms with Crippen molar-refractivity contribution >= 4 is 11.8 Å². The molecule has 17 heavy (non-hydrogen) atoms. The Bertz CT molecular complexity index is 350. The minimum atomic E-state index is -0.411. The molecule has 0 saturated carbocycles. The molecular weight excluding hydrogens is 214 g/mol. The first-order valence-corrected chi connectivity index (χ1v) is 6.20. The van der Waals surface area contributed by atoms with Crippen LogP contribution >= 0.6 is 0 Å². The molecule has 0 heterocycles. The lowest BCUT2D eigenvalue weighted by Crippen LogP contribution is -2.12. The summed E-state index contributed by atoms with van der Waals surface area (Å²) < 4.78 is 4.60. The fraction of sp³-hybridized carbons (Fsp3) is 0.500. The summed E-state index contributed by atoms with van der Waals surface area (Å²) in [6, 6.07) is 7.88. The molecule has 0 atom stereocenters. The Balaban J connectivity index is 2.54. The van der Waals surface area contributed by atoms with Crippen molar-refractivity contribution in [1.29, 1.82) is 0 Å². The van der Waals surface area contributed by atoms with Gasteiger partial charge in [-0.2, -0.15) is 0 Å². The molecule has 1 aromatic carbocycles. The SMILES string of the molecule is CCCCCCc1ccccc1NC(=O)OC. The van der Waals surface area contributed by atoms with Crippen LogP contribution in [0.2, 0.25) is 0 Å². The topological polar surface area (TPSA) is 38.3 Å². The van der Waals surface area contributed by atoms with E-state index in [-0.39, 0.29) is 0 Å². The van der Waals surface area contributed by atoms with Crippen molar-refractivity contribution in [2.45, 2.75) is 39.0 Å². The molecule has 1 N–H and O–H groups in total. The van der Waals surface area contributed by atoms with E-state index in [1.807, 2.05) is 18.2 Å². The fourth-order valence-electron chi connectivity index (χ4n) is 1.76. The van der Waals surface area contributed by atoms with Crippen LogP contribution in [0, 0.1) is 0 Å². The number of methoxy groups -OCH3 is 1. The molecule has 0 aromatic heterocycles. The van der Waals surface area contributed by atoms with Crippen LogP contribution in [0.4, 0.5) is 10.5 Å². The van der Waals surface area contributed by atoms with Crippen molar-refractivity contribution in [1.82, 2.24) is 0 Å². The Morgan fingerprint density at radius 2 is 2.00 bits per heavy atom. The van der Waals surface area contributed by atoms with Gasteiger partial charge in [0.25, 0.3) is 0 Å². The average molecular weight is 235 g/mol. The number of carbonyl (C=O) groups is 1. The molecule has 0 unspecified atom stereocenters. The van der Waals surface area contributed by atoms with E-state index < -0.39 is 6.09 Å². The molecule has 0 aliphatic rings. The van der Waals surface area contributed by atoms with Gasteiger partial charge in [0.1, 0.15) is 0 Å². The Hall–Kier alpha value is -1.51. The molecule has 0 bridgehead atoms. The van der Waals surface area contributed by atoms with Crippen LogP contribution in [-0.4, -0.2) is 13.2 Å². The van der Waals surface area contributed by atoms with Gasteiger partial charge >= 0.3 is 6.09 Å². The van der Waals surface area contributed by atoms with E-state index in [1.165, 1.54) is 31.9 Å². The first-order valence-electron chi connectivity index (χ1n) is 6.20. The van der Waals surface area contributed by atoms with E-state index in [0.29, 0.717) is 0 Å². The Morgan fingerprint density at radius 3 is 2.71 bits per heavy atom. The smallest absolute Gasteiger partial charge is 0.411 e. The van der Waals surface area contributed by atoms with E-state index in [2.05, 4.69) is 23.0 Å². The fourth-order valence-corrected chi connectivity index (χ4v) is 1.76. The number of unbranched alkanes of at least 4 members (excludes halogenated alkanes) is 3. The number of ether oxygens (including phenoxy) is 1. The highest BCUT2D eigenvalue weighted by molar-refractivity contribution is 5.85. The van der Waals surface area contributed by atoms with Gasteiger partial charge in [-0.1, -0.05) is 44.4 Å². The summed E-state index contributed by atoms with van der Waals surface area (Å²) in [4.78, 5) is 11.2. The lowest BCUT2D eigenvalue weighted by Gasteiger charge is -2.09. The summed E-state index contributed by atoms with van der Waals surface area (Å²) in [5.41, 5.74) is 2.03. The van der Waals surface area contributed by atoms with Gasteiger partial charge in [-0.3, -0.25) is 5.32 Å². The molecule has 0 aliphatic heterocycles. The van der Waals surface area contributed by atoms with E-state index in [4.69, 9.17) is 0 Å². The molecule has 1 aromatic rings. The van der Waals surface area contributed by atoms with E-state index in [1.54, 1.807) is 0 Å². The van der Waals surface area contributed by atoms with Crippen LogP contribution in [0.25, 0.3) is 0 Å². The quantitative estimate of drug-likeness (QED) is 0.757. The molecular formula is C14H21NO2. The van der Waals surface area contributed by atoms with E-state index >= 15 is 0 Å². The lowest BCUT2D eigenvalue weighted by atomic mass is 10.0. The summed E-state index contributed by atoms with van der Waals surface area (Å²) >= 11 is 0. The molecule has 0 fully saturated rings. The number of aryl methyl sites for hydroxylation is 1. The van der Waals surface area contributed by atoms with Crippen LogP contribution in [0.3, 0.4) is 0 Å². The maximum Gasteiger partial charge on any atom is 0.411 e. The first kappa shape index (κ1) is 13.6. The lowest BCUT2D eigenvalue weighted by molar-refractivity contribution is 0.187. The largest absolute Gasteiger partial charge is 0.453 e. The second-order valence-corrected chi connectivity index (χ2v) is 4.08. The highest BCUT2D eigenvalue weighted by Gasteiger charge is 2.05. The van der Waals surface area contributed by atoms with Crippen LogP contribution in [0.5, 0.6) is 0 Å². The number of amides is 1. The van der Waals surface area contributed by atoms with Gasteiger partial charge in [-0.25, -0.2) is 4.79 Å².